The second kappa shape index (κ2) is 7.73. The molecule has 0 aliphatic rings. The number of aromatic nitrogens is 1. The summed E-state index contributed by atoms with van der Waals surface area (Å²) in [6.07, 6.45) is 0. The Balaban J connectivity index is 1.50. The van der Waals surface area contributed by atoms with Crippen LogP contribution in [0.1, 0.15) is 10.4 Å². The van der Waals surface area contributed by atoms with Crippen molar-refractivity contribution in [3.05, 3.63) is 94.5 Å². The quantitative estimate of drug-likeness (QED) is 0.307. The summed E-state index contributed by atoms with van der Waals surface area (Å²) in [5.74, 6) is -0.236. The van der Waals surface area contributed by atoms with Crippen LogP contribution < -0.4 is 5.32 Å². The highest BCUT2D eigenvalue weighted by Gasteiger charge is 2.16. The fourth-order valence-electron chi connectivity index (χ4n) is 3.32. The minimum atomic E-state index is -0.236. The Hall–Kier alpha value is -2.92. The third-order valence-corrected chi connectivity index (χ3v) is 6.54. The topological polar surface area (TPSA) is 42.0 Å². The molecule has 1 heterocycles. The van der Waals surface area contributed by atoms with Crippen molar-refractivity contribution in [3.8, 4) is 10.6 Å². The first kappa shape index (κ1) is 19.1. The number of nitrogens with one attached hydrogen (secondary N) is 1. The first-order chi connectivity index (χ1) is 14.6. The zero-order chi connectivity index (χ0) is 20.7. The molecule has 5 aromatic rings. The van der Waals surface area contributed by atoms with Crippen molar-refractivity contribution in [2.24, 2.45) is 0 Å². The highest BCUT2D eigenvalue weighted by molar-refractivity contribution is 7.21. The van der Waals surface area contributed by atoms with Gasteiger partial charge in [0.25, 0.3) is 5.91 Å². The largest absolute Gasteiger partial charge is 0.321 e. The number of benzene rings is 4. The highest BCUT2D eigenvalue weighted by atomic mass is 35.5. The Morgan fingerprint density at radius 2 is 1.60 bits per heavy atom. The number of amides is 1. The molecule has 0 saturated carbocycles. The molecule has 4 aromatic carbocycles. The maximum Gasteiger partial charge on any atom is 0.255 e. The van der Waals surface area contributed by atoms with Gasteiger partial charge in [0.1, 0.15) is 5.01 Å². The minimum absolute atomic E-state index is 0.236. The van der Waals surface area contributed by atoms with E-state index in [0.29, 0.717) is 21.3 Å². The number of thiazole rings is 1. The average Bonchev–Trinajstić information content (AvgIpc) is 3.19. The van der Waals surface area contributed by atoms with E-state index in [-0.39, 0.29) is 5.91 Å². The number of para-hydroxylation sites is 1. The maximum absolute atomic E-state index is 12.9. The molecular formula is C24H14Cl2N2OS. The summed E-state index contributed by atoms with van der Waals surface area (Å²) >= 11 is 14.4. The number of carbonyl (C=O) groups excluding carboxylic acids is 1. The van der Waals surface area contributed by atoms with E-state index in [1.165, 1.54) is 0 Å². The van der Waals surface area contributed by atoms with Gasteiger partial charge in [-0.1, -0.05) is 65.7 Å². The van der Waals surface area contributed by atoms with Crippen LogP contribution in [0.15, 0.2) is 78.9 Å². The van der Waals surface area contributed by atoms with Gasteiger partial charge in [-0.3, -0.25) is 4.79 Å². The Kier molecular flexibility index (Phi) is 4.91. The lowest BCUT2D eigenvalue weighted by Gasteiger charge is -2.11. The highest BCUT2D eigenvalue weighted by Crippen LogP contribution is 2.39. The molecule has 0 bridgehead atoms. The molecule has 0 atom stereocenters. The lowest BCUT2D eigenvalue weighted by molar-refractivity contribution is 0.102. The van der Waals surface area contributed by atoms with E-state index < -0.39 is 0 Å². The van der Waals surface area contributed by atoms with Gasteiger partial charge in [-0.2, -0.15) is 0 Å². The van der Waals surface area contributed by atoms with Crippen LogP contribution in [0.4, 0.5) is 5.69 Å². The van der Waals surface area contributed by atoms with Gasteiger partial charge in [0, 0.05) is 11.1 Å². The molecule has 1 amide bonds. The van der Waals surface area contributed by atoms with Crippen molar-refractivity contribution >= 4 is 67.1 Å². The molecule has 1 aromatic heterocycles. The van der Waals surface area contributed by atoms with E-state index in [4.69, 9.17) is 23.2 Å². The molecule has 5 rings (SSSR count). The SMILES string of the molecule is O=C(Nc1cc(-c2nc3ccccc3s2)c(Cl)cc1Cl)c1ccc2ccccc2c1. The first-order valence-electron chi connectivity index (χ1n) is 9.23. The zero-order valence-electron chi connectivity index (χ0n) is 15.5. The van der Waals surface area contributed by atoms with E-state index in [1.54, 1.807) is 29.5 Å². The summed E-state index contributed by atoms with van der Waals surface area (Å²) in [6, 6.07) is 24.8. The van der Waals surface area contributed by atoms with E-state index in [1.807, 2.05) is 60.7 Å². The summed E-state index contributed by atoms with van der Waals surface area (Å²) in [7, 11) is 0. The Labute approximate surface area is 186 Å². The van der Waals surface area contributed by atoms with Gasteiger partial charge in [-0.15, -0.1) is 11.3 Å². The second-order valence-corrected chi connectivity index (χ2v) is 8.66. The van der Waals surface area contributed by atoms with Crippen LogP contribution in [0.25, 0.3) is 31.6 Å². The number of nitrogens with zero attached hydrogens (tertiary/aromatic N) is 1. The molecule has 3 nitrogen and oxygen atoms in total. The molecule has 0 fully saturated rings. The van der Waals surface area contributed by atoms with Gasteiger partial charge in [-0.25, -0.2) is 4.98 Å². The Morgan fingerprint density at radius 1 is 0.833 bits per heavy atom. The maximum atomic E-state index is 12.9. The van der Waals surface area contributed by atoms with Crippen LogP contribution in [0.2, 0.25) is 10.0 Å². The third kappa shape index (κ3) is 3.54. The van der Waals surface area contributed by atoms with E-state index in [0.717, 1.165) is 31.6 Å². The summed E-state index contributed by atoms with van der Waals surface area (Å²) in [5.41, 5.74) is 2.69. The second-order valence-electron chi connectivity index (χ2n) is 6.81. The molecule has 6 heteroatoms. The number of hydrogen-bond donors (Lipinski definition) is 1. The fraction of sp³-hybridized carbons (Fsp3) is 0. The van der Waals surface area contributed by atoms with Gasteiger partial charge in [0.05, 0.1) is 25.9 Å². The van der Waals surface area contributed by atoms with Gasteiger partial charge >= 0.3 is 0 Å². The molecule has 146 valence electrons. The lowest BCUT2D eigenvalue weighted by atomic mass is 10.1. The van der Waals surface area contributed by atoms with E-state index >= 15 is 0 Å². The summed E-state index contributed by atoms with van der Waals surface area (Å²) in [6.45, 7) is 0. The van der Waals surface area contributed by atoms with Gasteiger partial charge in [0.15, 0.2) is 0 Å². The van der Waals surface area contributed by atoms with E-state index in [9.17, 15) is 4.79 Å². The summed E-state index contributed by atoms with van der Waals surface area (Å²) in [4.78, 5) is 17.5. The predicted octanol–water partition coefficient (Wildman–Crippen LogP) is 7.68. The predicted molar refractivity (Wildman–Crippen MR) is 127 cm³/mol. The number of hydrogen-bond acceptors (Lipinski definition) is 3. The van der Waals surface area contributed by atoms with Crippen molar-refractivity contribution < 1.29 is 4.79 Å². The van der Waals surface area contributed by atoms with Crippen LogP contribution in [0.5, 0.6) is 0 Å². The number of anilines is 1. The van der Waals surface area contributed by atoms with Crippen LogP contribution in [0.3, 0.4) is 0 Å². The monoisotopic (exact) mass is 448 g/mol. The van der Waals surface area contributed by atoms with Crippen molar-refractivity contribution in [1.29, 1.82) is 0 Å². The van der Waals surface area contributed by atoms with Crippen molar-refractivity contribution in [1.82, 2.24) is 4.98 Å². The van der Waals surface area contributed by atoms with E-state index in [2.05, 4.69) is 10.3 Å². The number of rotatable bonds is 3. The third-order valence-electron chi connectivity index (χ3n) is 4.84. The average molecular weight is 449 g/mol. The number of carbonyl (C=O) groups is 1. The Morgan fingerprint density at radius 3 is 2.43 bits per heavy atom. The smallest absolute Gasteiger partial charge is 0.255 e. The molecular weight excluding hydrogens is 435 g/mol. The van der Waals surface area contributed by atoms with Crippen LogP contribution in [-0.2, 0) is 0 Å². The van der Waals surface area contributed by atoms with Gasteiger partial charge < -0.3 is 5.32 Å². The van der Waals surface area contributed by atoms with Crippen molar-refractivity contribution in [2.45, 2.75) is 0 Å². The van der Waals surface area contributed by atoms with Gasteiger partial charge in [-0.05, 0) is 47.2 Å². The molecule has 0 unspecified atom stereocenters. The standard InChI is InChI=1S/C24H14Cl2N2OS/c25-18-13-19(26)21(12-17(18)24-28-20-7-3-4-8-22(20)30-24)27-23(29)16-10-9-14-5-1-2-6-15(14)11-16/h1-13H,(H,27,29). The molecule has 30 heavy (non-hydrogen) atoms. The molecule has 0 aliphatic carbocycles. The Bertz CT molecular complexity index is 1390. The number of halogens is 2. The molecule has 0 radical (unpaired) electrons. The summed E-state index contributed by atoms with van der Waals surface area (Å²) < 4.78 is 1.07. The van der Waals surface area contributed by atoms with Crippen LogP contribution in [0, 0.1) is 0 Å². The molecule has 0 saturated heterocycles. The fourth-order valence-corrected chi connectivity index (χ4v) is 4.89. The molecule has 1 N–H and O–H groups in total. The first-order valence-corrected chi connectivity index (χ1v) is 10.8. The number of fused-ring (bicyclic) bond motifs is 2. The lowest BCUT2D eigenvalue weighted by Crippen LogP contribution is -2.12. The molecule has 0 spiro atoms. The summed E-state index contributed by atoms with van der Waals surface area (Å²) in [5, 5.41) is 6.63. The van der Waals surface area contributed by atoms with Gasteiger partial charge in [0.2, 0.25) is 0 Å². The van der Waals surface area contributed by atoms with Crippen molar-refractivity contribution in [2.75, 3.05) is 5.32 Å². The van der Waals surface area contributed by atoms with Crippen LogP contribution in [-0.4, -0.2) is 10.9 Å². The molecule has 0 aliphatic heterocycles. The minimum Gasteiger partial charge on any atom is -0.321 e. The zero-order valence-corrected chi connectivity index (χ0v) is 17.9. The van der Waals surface area contributed by atoms with Crippen molar-refractivity contribution in [3.63, 3.8) is 0 Å². The normalized spacial score (nSPS) is 11.1. The van der Waals surface area contributed by atoms with Crippen LogP contribution >= 0.6 is 34.5 Å².